The molecular formula is C15H26ClN3O3S. The van der Waals surface area contributed by atoms with E-state index in [0.29, 0.717) is 6.54 Å². The van der Waals surface area contributed by atoms with Crippen LogP contribution in [0.5, 0.6) is 0 Å². The lowest BCUT2D eigenvalue weighted by Gasteiger charge is -2.38. The molecule has 0 radical (unpaired) electrons. The smallest absolute Gasteiger partial charge is 0.264 e. The third-order valence-corrected chi connectivity index (χ3v) is 6.88. The molecule has 0 spiro atoms. The van der Waals surface area contributed by atoms with Gasteiger partial charge in [-0.3, -0.25) is 0 Å². The number of aryl methyl sites for hydroxylation is 1. The first-order valence-corrected chi connectivity index (χ1v) is 9.96. The van der Waals surface area contributed by atoms with Crippen molar-refractivity contribution in [2.75, 3.05) is 13.7 Å². The predicted molar refractivity (Wildman–Crippen MR) is 90.1 cm³/mol. The van der Waals surface area contributed by atoms with Gasteiger partial charge < -0.3 is 9.30 Å². The van der Waals surface area contributed by atoms with E-state index in [1.165, 1.54) is 10.9 Å². The first-order chi connectivity index (χ1) is 10.9. The van der Waals surface area contributed by atoms with Crippen molar-refractivity contribution in [2.24, 2.45) is 7.05 Å². The second-order valence-corrected chi connectivity index (χ2v) is 8.21. The van der Waals surface area contributed by atoms with E-state index in [1.807, 2.05) is 6.92 Å². The van der Waals surface area contributed by atoms with Crippen molar-refractivity contribution in [2.45, 2.75) is 62.6 Å². The van der Waals surface area contributed by atoms with Crippen molar-refractivity contribution >= 4 is 21.6 Å². The average molecular weight is 364 g/mol. The predicted octanol–water partition coefficient (Wildman–Crippen LogP) is 2.82. The summed E-state index contributed by atoms with van der Waals surface area (Å²) in [7, 11) is -0.398. The fourth-order valence-electron chi connectivity index (χ4n) is 3.14. The fraction of sp³-hybridized carbons (Fsp3) is 0.800. The van der Waals surface area contributed by atoms with Gasteiger partial charge in [-0.2, -0.15) is 4.31 Å². The molecule has 0 unspecified atom stereocenters. The van der Waals surface area contributed by atoms with Crippen molar-refractivity contribution in [1.82, 2.24) is 13.9 Å². The maximum Gasteiger partial charge on any atom is 0.264 e. The summed E-state index contributed by atoms with van der Waals surface area (Å²) in [6.45, 7) is 2.52. The van der Waals surface area contributed by atoms with Gasteiger partial charge >= 0.3 is 0 Å². The monoisotopic (exact) mass is 363 g/mol. The maximum atomic E-state index is 13.1. The molecular weight excluding hydrogens is 338 g/mol. The fourth-order valence-corrected chi connectivity index (χ4v) is 5.25. The van der Waals surface area contributed by atoms with Gasteiger partial charge in [0, 0.05) is 20.7 Å². The van der Waals surface area contributed by atoms with E-state index in [-0.39, 0.29) is 22.3 Å². The lowest BCUT2D eigenvalue weighted by molar-refractivity contribution is 0.0155. The van der Waals surface area contributed by atoms with Gasteiger partial charge in [-0.25, -0.2) is 13.4 Å². The Hall–Kier alpha value is -0.630. The van der Waals surface area contributed by atoms with Gasteiger partial charge in [0.15, 0.2) is 0 Å². The number of methoxy groups -OCH3 is 1. The number of unbranched alkanes of at least 4 members (excludes halogenated alkanes) is 1. The second kappa shape index (κ2) is 7.96. The van der Waals surface area contributed by atoms with Gasteiger partial charge in [0.1, 0.15) is 5.15 Å². The summed E-state index contributed by atoms with van der Waals surface area (Å²) in [5.74, 6) is 0. The number of imidazole rings is 1. The van der Waals surface area contributed by atoms with Crippen LogP contribution in [0.3, 0.4) is 0 Å². The van der Waals surface area contributed by atoms with Crippen LogP contribution in [0.1, 0.15) is 45.4 Å². The standard InChI is InChI=1S/C15H26ClN3O3S/c1-4-5-10-19(12-8-6-7-9-13(12)22-3)23(20,21)15-14(16)18(2)11-17-15/h11-13H,4-10H2,1-3H3/t12-,13-/m1/s1. The van der Waals surface area contributed by atoms with Crippen molar-refractivity contribution in [3.05, 3.63) is 11.5 Å². The van der Waals surface area contributed by atoms with E-state index in [4.69, 9.17) is 16.3 Å². The number of hydrogen-bond acceptors (Lipinski definition) is 4. The van der Waals surface area contributed by atoms with Crippen molar-refractivity contribution in [3.8, 4) is 0 Å². The molecule has 0 bridgehead atoms. The molecule has 2 atom stereocenters. The molecule has 1 aliphatic carbocycles. The first kappa shape index (κ1) is 18.7. The number of halogens is 1. The van der Waals surface area contributed by atoms with Gasteiger partial charge in [0.2, 0.25) is 5.03 Å². The normalized spacial score (nSPS) is 22.7. The molecule has 1 aromatic rings. The number of aromatic nitrogens is 2. The molecule has 0 aromatic carbocycles. The Morgan fingerprint density at radius 2 is 2.13 bits per heavy atom. The van der Waals surface area contributed by atoms with Crippen LogP contribution in [0.25, 0.3) is 0 Å². The average Bonchev–Trinajstić information content (AvgIpc) is 2.88. The zero-order chi connectivity index (χ0) is 17.0. The van der Waals surface area contributed by atoms with Gasteiger partial charge in [-0.1, -0.05) is 37.8 Å². The number of hydrogen-bond donors (Lipinski definition) is 0. The molecule has 8 heteroatoms. The van der Waals surface area contributed by atoms with E-state index in [9.17, 15) is 8.42 Å². The zero-order valence-corrected chi connectivity index (χ0v) is 15.6. The highest BCUT2D eigenvalue weighted by Crippen LogP contribution is 2.31. The van der Waals surface area contributed by atoms with Crippen LogP contribution in [0.15, 0.2) is 11.4 Å². The Morgan fingerprint density at radius 1 is 1.43 bits per heavy atom. The second-order valence-electron chi connectivity index (χ2n) is 6.05. The first-order valence-electron chi connectivity index (χ1n) is 8.15. The number of rotatable bonds is 7. The van der Waals surface area contributed by atoms with Crippen LogP contribution in [0.4, 0.5) is 0 Å². The molecule has 1 aliphatic rings. The lowest BCUT2D eigenvalue weighted by Crippen LogP contribution is -2.49. The van der Waals surface area contributed by atoms with E-state index in [1.54, 1.807) is 18.5 Å². The summed E-state index contributed by atoms with van der Waals surface area (Å²) in [5.41, 5.74) is 0. The van der Waals surface area contributed by atoms with Gasteiger partial charge in [-0.15, -0.1) is 0 Å². The van der Waals surface area contributed by atoms with E-state index >= 15 is 0 Å². The molecule has 1 fully saturated rings. The summed E-state index contributed by atoms with van der Waals surface area (Å²) in [6, 6.07) is -0.150. The minimum atomic E-state index is -3.74. The highest BCUT2D eigenvalue weighted by Gasteiger charge is 2.39. The third kappa shape index (κ3) is 3.90. The molecule has 23 heavy (non-hydrogen) atoms. The Bertz CT molecular complexity index is 617. The largest absolute Gasteiger partial charge is 0.380 e. The molecule has 0 amide bonds. The van der Waals surface area contributed by atoms with E-state index in [2.05, 4.69) is 4.98 Å². The summed E-state index contributed by atoms with van der Waals surface area (Å²) in [5, 5.41) is 0.0921. The molecule has 1 heterocycles. The molecule has 132 valence electrons. The highest BCUT2D eigenvalue weighted by atomic mass is 35.5. The quantitative estimate of drug-likeness (QED) is 0.747. The highest BCUT2D eigenvalue weighted by molar-refractivity contribution is 7.89. The minimum Gasteiger partial charge on any atom is -0.380 e. The van der Waals surface area contributed by atoms with Crippen LogP contribution in [-0.4, -0.2) is 48.1 Å². The minimum absolute atomic E-state index is 0.0572. The Labute approximate surface area is 143 Å². The molecule has 0 saturated heterocycles. The summed E-state index contributed by atoms with van der Waals surface area (Å²) in [4.78, 5) is 4.02. The van der Waals surface area contributed by atoms with Crippen LogP contribution >= 0.6 is 11.6 Å². The zero-order valence-electron chi connectivity index (χ0n) is 14.0. The number of ether oxygens (including phenoxy) is 1. The van der Waals surface area contributed by atoms with Crippen LogP contribution in [0.2, 0.25) is 5.15 Å². The summed E-state index contributed by atoms with van der Waals surface area (Å²) < 4.78 is 34.9. The number of sulfonamides is 1. The molecule has 0 aliphatic heterocycles. The molecule has 6 nitrogen and oxygen atoms in total. The van der Waals surface area contributed by atoms with Crippen molar-refractivity contribution < 1.29 is 13.2 Å². The lowest BCUT2D eigenvalue weighted by atomic mass is 9.92. The number of nitrogens with zero attached hydrogens (tertiary/aromatic N) is 3. The Morgan fingerprint density at radius 3 is 2.70 bits per heavy atom. The van der Waals surface area contributed by atoms with Crippen molar-refractivity contribution in [3.63, 3.8) is 0 Å². The maximum absolute atomic E-state index is 13.1. The molecule has 0 N–H and O–H groups in total. The van der Waals surface area contributed by atoms with Crippen LogP contribution in [0, 0.1) is 0 Å². The van der Waals surface area contributed by atoms with Gasteiger partial charge in [-0.05, 0) is 19.3 Å². The Kier molecular flexibility index (Phi) is 6.48. The topological polar surface area (TPSA) is 64.4 Å². The van der Waals surface area contributed by atoms with Crippen molar-refractivity contribution in [1.29, 1.82) is 0 Å². The van der Waals surface area contributed by atoms with E-state index in [0.717, 1.165) is 38.5 Å². The van der Waals surface area contributed by atoms with Gasteiger partial charge in [0.25, 0.3) is 10.0 Å². The third-order valence-electron chi connectivity index (χ3n) is 4.46. The molecule has 1 saturated carbocycles. The summed E-state index contributed by atoms with van der Waals surface area (Å²) in [6.07, 6.45) is 6.86. The van der Waals surface area contributed by atoms with Gasteiger partial charge in [0.05, 0.1) is 18.5 Å². The SMILES string of the molecule is CCCCN([C@@H]1CCCC[C@H]1OC)S(=O)(=O)c1ncn(C)c1Cl. The van der Waals surface area contributed by atoms with Crippen LogP contribution in [-0.2, 0) is 21.8 Å². The Balaban J connectivity index is 2.38. The van der Waals surface area contributed by atoms with Crippen LogP contribution < -0.4 is 0 Å². The molecule has 1 aromatic heterocycles. The summed E-state index contributed by atoms with van der Waals surface area (Å²) >= 11 is 6.14. The molecule has 2 rings (SSSR count). The van der Waals surface area contributed by atoms with E-state index < -0.39 is 10.0 Å².